The molecule has 1 atom stereocenters. The van der Waals surface area contributed by atoms with Gasteiger partial charge in [-0.1, -0.05) is 300 Å². The number of unbranched alkanes of at least 4 members (excludes halogenated alkanes) is 39. The van der Waals surface area contributed by atoms with Gasteiger partial charge in [-0.3, -0.25) is 14.4 Å². The van der Waals surface area contributed by atoms with Gasteiger partial charge in [-0.25, -0.2) is 0 Å². The quantitative estimate of drug-likeness (QED) is 0.0261. The minimum absolute atomic E-state index is 0.0771. The van der Waals surface area contributed by atoms with E-state index in [0.29, 0.717) is 19.3 Å². The SMILES string of the molecule is CC/C=C\C/C=C\C/C=C\C/C=C\CCCCCCCCC(=O)OCC(COC(=O)CCCCCCCCCCCCCCCCCCCCC)OC(=O)CCCCCCCCC/C=C\CCCCCCCCCC. The van der Waals surface area contributed by atoms with Crippen molar-refractivity contribution in [3.05, 3.63) is 60.8 Å². The van der Waals surface area contributed by atoms with Crippen molar-refractivity contribution in [1.82, 2.24) is 0 Å². The summed E-state index contributed by atoms with van der Waals surface area (Å²) in [5.41, 5.74) is 0. The number of hydrogen-bond donors (Lipinski definition) is 0. The lowest BCUT2D eigenvalue weighted by Crippen LogP contribution is -2.30. The van der Waals surface area contributed by atoms with Crippen molar-refractivity contribution in [1.29, 1.82) is 0 Å². The fraction of sp³-hybridized carbons (Fsp3) is 0.812. The van der Waals surface area contributed by atoms with Gasteiger partial charge in [0, 0.05) is 19.3 Å². The molecule has 0 amide bonds. The van der Waals surface area contributed by atoms with Gasteiger partial charge in [0.15, 0.2) is 6.10 Å². The molecule has 0 saturated carbocycles. The van der Waals surface area contributed by atoms with Crippen LogP contribution in [0.15, 0.2) is 60.8 Å². The van der Waals surface area contributed by atoms with Crippen LogP contribution in [0, 0.1) is 0 Å². The highest BCUT2D eigenvalue weighted by molar-refractivity contribution is 5.71. The van der Waals surface area contributed by atoms with E-state index >= 15 is 0 Å². The van der Waals surface area contributed by atoms with Crippen molar-refractivity contribution in [3.8, 4) is 0 Å². The summed E-state index contributed by atoms with van der Waals surface area (Å²) >= 11 is 0. The summed E-state index contributed by atoms with van der Waals surface area (Å²) in [4.78, 5) is 38.4. The van der Waals surface area contributed by atoms with Crippen molar-refractivity contribution in [3.63, 3.8) is 0 Å². The fourth-order valence-corrected chi connectivity index (χ4v) is 9.61. The maximum atomic E-state index is 12.9. The van der Waals surface area contributed by atoms with Crippen molar-refractivity contribution in [2.24, 2.45) is 0 Å². The first-order valence-corrected chi connectivity index (χ1v) is 32.8. The zero-order valence-corrected chi connectivity index (χ0v) is 50.1. The Morgan fingerprint density at radius 2 is 0.520 bits per heavy atom. The maximum Gasteiger partial charge on any atom is 0.306 e. The molecule has 0 bridgehead atoms. The Kier molecular flexibility index (Phi) is 61.2. The van der Waals surface area contributed by atoms with E-state index in [1.54, 1.807) is 0 Å². The van der Waals surface area contributed by atoms with Crippen LogP contribution in [0.5, 0.6) is 0 Å². The second kappa shape index (κ2) is 63.6. The molecule has 6 heteroatoms. The fourth-order valence-electron chi connectivity index (χ4n) is 9.61. The Bertz CT molecular complexity index is 1340. The number of esters is 3. The van der Waals surface area contributed by atoms with Crippen LogP contribution in [0.1, 0.15) is 342 Å². The number of ether oxygens (including phenoxy) is 3. The Balaban J connectivity index is 4.37. The van der Waals surface area contributed by atoms with Crippen LogP contribution in [0.3, 0.4) is 0 Å². The first-order valence-electron chi connectivity index (χ1n) is 32.8. The van der Waals surface area contributed by atoms with Crippen LogP contribution >= 0.6 is 0 Å². The van der Waals surface area contributed by atoms with Crippen molar-refractivity contribution in [2.75, 3.05) is 13.2 Å². The summed E-state index contributed by atoms with van der Waals surface area (Å²) < 4.78 is 17.0. The topological polar surface area (TPSA) is 78.9 Å². The summed E-state index contributed by atoms with van der Waals surface area (Å²) in [6, 6.07) is 0. The van der Waals surface area contributed by atoms with Crippen LogP contribution < -0.4 is 0 Å². The summed E-state index contributed by atoms with van der Waals surface area (Å²) in [5.74, 6) is -0.875. The molecule has 75 heavy (non-hydrogen) atoms. The van der Waals surface area contributed by atoms with Crippen LogP contribution in [0.4, 0.5) is 0 Å². The molecular formula is C69H124O6. The first-order chi connectivity index (χ1) is 37.0. The van der Waals surface area contributed by atoms with Gasteiger partial charge < -0.3 is 14.2 Å². The van der Waals surface area contributed by atoms with Crippen LogP contribution in [-0.2, 0) is 28.6 Å². The molecule has 0 aliphatic heterocycles. The number of hydrogen-bond acceptors (Lipinski definition) is 6. The maximum absolute atomic E-state index is 12.9. The van der Waals surface area contributed by atoms with Gasteiger partial charge in [-0.2, -0.15) is 0 Å². The molecule has 0 N–H and O–H groups in total. The van der Waals surface area contributed by atoms with Crippen LogP contribution in [0.2, 0.25) is 0 Å². The molecule has 0 heterocycles. The number of allylic oxidation sites excluding steroid dienone is 10. The number of carbonyl (C=O) groups excluding carboxylic acids is 3. The average molecular weight is 1050 g/mol. The average Bonchev–Trinajstić information content (AvgIpc) is 3.41. The smallest absolute Gasteiger partial charge is 0.306 e. The lowest BCUT2D eigenvalue weighted by atomic mass is 10.0. The molecule has 436 valence electrons. The minimum Gasteiger partial charge on any atom is -0.462 e. The van der Waals surface area contributed by atoms with Gasteiger partial charge in [-0.05, 0) is 83.5 Å². The van der Waals surface area contributed by atoms with E-state index in [1.807, 2.05) is 0 Å². The first kappa shape index (κ1) is 72.1. The van der Waals surface area contributed by atoms with Crippen molar-refractivity contribution < 1.29 is 28.6 Å². The van der Waals surface area contributed by atoms with Gasteiger partial charge in [0.25, 0.3) is 0 Å². The molecule has 0 aliphatic rings. The van der Waals surface area contributed by atoms with E-state index in [-0.39, 0.29) is 31.1 Å². The van der Waals surface area contributed by atoms with Crippen molar-refractivity contribution in [2.45, 2.75) is 348 Å². The highest BCUT2D eigenvalue weighted by Crippen LogP contribution is 2.17. The molecule has 1 unspecified atom stereocenters. The van der Waals surface area contributed by atoms with Crippen LogP contribution in [0.25, 0.3) is 0 Å². The van der Waals surface area contributed by atoms with E-state index in [1.165, 1.54) is 212 Å². The van der Waals surface area contributed by atoms with Gasteiger partial charge in [0.05, 0.1) is 0 Å². The zero-order chi connectivity index (χ0) is 54.3. The van der Waals surface area contributed by atoms with Gasteiger partial charge in [0.1, 0.15) is 13.2 Å². The molecule has 0 aromatic carbocycles. The second-order valence-corrected chi connectivity index (χ2v) is 22.0. The summed E-state index contributed by atoms with van der Waals surface area (Å²) in [6.07, 6.45) is 80.8. The lowest BCUT2D eigenvalue weighted by molar-refractivity contribution is -0.167. The van der Waals surface area contributed by atoms with E-state index in [9.17, 15) is 14.4 Å². The number of rotatable bonds is 60. The molecule has 0 spiro atoms. The van der Waals surface area contributed by atoms with Gasteiger partial charge in [-0.15, -0.1) is 0 Å². The zero-order valence-electron chi connectivity index (χ0n) is 50.1. The molecule has 0 fully saturated rings. The molecule has 0 aromatic heterocycles. The third-order valence-electron chi connectivity index (χ3n) is 14.5. The largest absolute Gasteiger partial charge is 0.462 e. The van der Waals surface area contributed by atoms with Gasteiger partial charge in [0.2, 0.25) is 0 Å². The molecule has 0 aromatic rings. The molecule has 0 saturated heterocycles. The standard InChI is InChI=1S/C69H124O6/c1-4-7-10-13-16-19-22-25-28-31-34-37-40-43-46-49-52-55-58-61-67(70)73-64-66(75-69(72)63-60-57-54-51-48-45-42-39-36-33-30-27-24-21-18-15-12-9-6-3)65-74-68(71)62-59-56-53-50-47-44-41-38-35-32-29-26-23-20-17-14-11-8-5-2/h7,10,16,19,25,28,33-34,36-37,66H,4-6,8-9,11-15,17-18,20-24,26-27,29-32,35,38-65H2,1-3H3/b10-7-,19-16-,28-25-,36-33-,37-34-. The summed E-state index contributed by atoms with van der Waals surface area (Å²) in [6.45, 7) is 6.57. The molecule has 0 radical (unpaired) electrons. The summed E-state index contributed by atoms with van der Waals surface area (Å²) in [7, 11) is 0. The normalized spacial score (nSPS) is 12.4. The van der Waals surface area contributed by atoms with Crippen molar-refractivity contribution >= 4 is 17.9 Å². The molecule has 0 aliphatic carbocycles. The Hall–Kier alpha value is -2.89. The third kappa shape index (κ3) is 61.8. The molecule has 0 rings (SSSR count). The lowest BCUT2D eigenvalue weighted by Gasteiger charge is -2.18. The van der Waals surface area contributed by atoms with E-state index in [2.05, 4.69) is 81.5 Å². The Morgan fingerprint density at radius 1 is 0.280 bits per heavy atom. The van der Waals surface area contributed by atoms with Gasteiger partial charge >= 0.3 is 17.9 Å². The monoisotopic (exact) mass is 1050 g/mol. The minimum atomic E-state index is -0.782. The molecular weight excluding hydrogens is 925 g/mol. The van der Waals surface area contributed by atoms with E-state index < -0.39 is 6.10 Å². The predicted octanol–water partition coefficient (Wildman–Crippen LogP) is 22.3. The molecule has 6 nitrogen and oxygen atoms in total. The Labute approximate surface area is 466 Å². The van der Waals surface area contributed by atoms with Crippen LogP contribution in [-0.4, -0.2) is 37.2 Å². The highest BCUT2D eigenvalue weighted by atomic mass is 16.6. The van der Waals surface area contributed by atoms with E-state index in [0.717, 1.165) is 89.9 Å². The Morgan fingerprint density at radius 3 is 0.827 bits per heavy atom. The van der Waals surface area contributed by atoms with E-state index in [4.69, 9.17) is 14.2 Å². The highest BCUT2D eigenvalue weighted by Gasteiger charge is 2.19. The number of carbonyl (C=O) groups is 3. The predicted molar refractivity (Wildman–Crippen MR) is 325 cm³/mol. The third-order valence-corrected chi connectivity index (χ3v) is 14.5. The second-order valence-electron chi connectivity index (χ2n) is 22.0. The summed E-state index contributed by atoms with van der Waals surface area (Å²) in [5, 5.41) is 0.